The molecule has 0 aromatic carbocycles. The summed E-state index contributed by atoms with van der Waals surface area (Å²) in [6, 6.07) is 11.1. The number of hydrogen-bond donors (Lipinski definition) is 1. The van der Waals surface area contributed by atoms with Gasteiger partial charge < -0.3 is 5.11 Å². The maximum Gasteiger partial charge on any atom is 0.0650 e. The first kappa shape index (κ1) is 16.8. The summed E-state index contributed by atoms with van der Waals surface area (Å²) in [4.78, 5) is 0. The summed E-state index contributed by atoms with van der Waals surface area (Å²) in [6.45, 7) is 13.1. The van der Waals surface area contributed by atoms with Crippen molar-refractivity contribution in [2.24, 2.45) is 5.41 Å². The predicted octanol–water partition coefficient (Wildman–Crippen LogP) is 5.65. The molecule has 118 valence electrons. The van der Waals surface area contributed by atoms with Gasteiger partial charge in [0.05, 0.1) is 6.61 Å². The normalized spacial score (nSPS) is 13.2. The van der Waals surface area contributed by atoms with Crippen molar-refractivity contribution in [3.8, 4) is 11.1 Å². The largest absolute Gasteiger partial charge is 0.392 e. The van der Waals surface area contributed by atoms with E-state index in [2.05, 4.69) is 78.0 Å². The van der Waals surface area contributed by atoms with Crippen molar-refractivity contribution in [3.05, 3.63) is 52.6 Å². The Balaban J connectivity index is 2.67. The molecule has 0 aromatic rings. The highest BCUT2D eigenvalue weighted by atomic mass is 16.3. The summed E-state index contributed by atoms with van der Waals surface area (Å²) >= 11 is 0. The Kier molecular flexibility index (Phi) is 4.77. The minimum Gasteiger partial charge on any atom is -0.392 e. The molecule has 22 heavy (non-hydrogen) atoms. The minimum absolute atomic E-state index is 0.0298. The lowest BCUT2D eigenvalue weighted by Crippen LogP contribution is -2.12. The fraction of sp³-hybridized carbons (Fsp3) is 0.429. The van der Waals surface area contributed by atoms with Crippen LogP contribution in [0, 0.1) is 12.3 Å². The molecule has 2 rings (SSSR count). The van der Waals surface area contributed by atoms with E-state index in [0.29, 0.717) is 5.92 Å². The molecule has 0 fully saturated rings. The molecule has 0 saturated heterocycles. The third kappa shape index (κ3) is 3.41. The molecule has 1 heteroatoms. The quantitative estimate of drug-likeness (QED) is 0.776. The minimum atomic E-state index is -0.0298. The SMILES string of the molecule is Cc1ccc2c(/C=C(\CO)C(C)(C)C)ccc(C(C)C)cc1-2. The van der Waals surface area contributed by atoms with Gasteiger partial charge in [-0.05, 0) is 51.6 Å². The van der Waals surface area contributed by atoms with Gasteiger partial charge in [-0.3, -0.25) is 0 Å². The number of aryl methyl sites for hydroxylation is 1. The van der Waals surface area contributed by atoms with Crippen LogP contribution in [-0.4, -0.2) is 11.7 Å². The van der Waals surface area contributed by atoms with Crippen molar-refractivity contribution in [2.75, 3.05) is 6.61 Å². The van der Waals surface area contributed by atoms with Gasteiger partial charge in [-0.25, -0.2) is 0 Å². The van der Waals surface area contributed by atoms with Gasteiger partial charge in [0.2, 0.25) is 0 Å². The molecular weight excluding hydrogens is 268 g/mol. The summed E-state index contributed by atoms with van der Waals surface area (Å²) in [6.07, 6.45) is 2.16. The zero-order valence-electron chi connectivity index (χ0n) is 14.7. The molecule has 0 aromatic heterocycles. The molecule has 1 nitrogen and oxygen atoms in total. The number of aliphatic hydroxyl groups excluding tert-OH is 1. The van der Waals surface area contributed by atoms with Crippen LogP contribution in [0.1, 0.15) is 57.2 Å². The Labute approximate surface area is 135 Å². The first-order chi connectivity index (χ1) is 10.2. The summed E-state index contributed by atoms with van der Waals surface area (Å²) in [5, 5.41) is 9.74. The maximum atomic E-state index is 9.74. The standard InChI is InChI=1S/C21H28O/c1-14(2)16-8-9-17(11-18(13-22)21(4,5)6)19-10-7-15(3)20(19)12-16/h7-12,14,22H,13H2,1-6H3/b18-11+. The molecule has 0 radical (unpaired) electrons. The Morgan fingerprint density at radius 3 is 2.32 bits per heavy atom. The highest BCUT2D eigenvalue weighted by Gasteiger charge is 2.18. The Morgan fingerprint density at radius 2 is 1.77 bits per heavy atom. The first-order valence-corrected chi connectivity index (χ1v) is 8.09. The van der Waals surface area contributed by atoms with Crippen molar-refractivity contribution < 1.29 is 5.11 Å². The fourth-order valence-corrected chi connectivity index (χ4v) is 2.71. The Morgan fingerprint density at radius 1 is 1.09 bits per heavy atom. The summed E-state index contributed by atoms with van der Waals surface area (Å²) in [7, 11) is 0. The highest BCUT2D eigenvalue weighted by molar-refractivity contribution is 5.80. The predicted molar refractivity (Wildman–Crippen MR) is 96.4 cm³/mol. The van der Waals surface area contributed by atoms with Crippen molar-refractivity contribution in [1.29, 1.82) is 0 Å². The monoisotopic (exact) mass is 296 g/mol. The first-order valence-electron chi connectivity index (χ1n) is 8.09. The number of aliphatic hydroxyl groups is 1. The van der Waals surface area contributed by atoms with E-state index in [0.717, 1.165) is 5.57 Å². The van der Waals surface area contributed by atoms with E-state index in [1.807, 2.05) is 0 Å². The van der Waals surface area contributed by atoms with Crippen molar-refractivity contribution in [1.82, 2.24) is 0 Å². The molecule has 0 atom stereocenters. The molecule has 0 aliphatic heterocycles. The van der Waals surface area contributed by atoms with Gasteiger partial charge in [-0.1, -0.05) is 71.0 Å². The van der Waals surface area contributed by atoms with Crippen LogP contribution in [0.2, 0.25) is 0 Å². The molecule has 0 bridgehead atoms. The average molecular weight is 296 g/mol. The lowest BCUT2D eigenvalue weighted by Gasteiger charge is -2.21. The van der Waals surface area contributed by atoms with Crippen LogP contribution in [0.15, 0.2) is 35.9 Å². The summed E-state index contributed by atoms with van der Waals surface area (Å²) in [5.74, 6) is 0.502. The maximum absolute atomic E-state index is 9.74. The number of fused-ring (bicyclic) bond motifs is 1. The molecule has 0 saturated carbocycles. The van der Waals surface area contributed by atoms with E-state index in [1.54, 1.807) is 0 Å². The van der Waals surface area contributed by atoms with Gasteiger partial charge in [-0.15, -0.1) is 0 Å². The van der Waals surface area contributed by atoms with E-state index < -0.39 is 0 Å². The second-order valence-electron chi connectivity index (χ2n) is 7.51. The molecule has 2 aliphatic carbocycles. The molecule has 1 N–H and O–H groups in total. The van der Waals surface area contributed by atoms with Gasteiger partial charge in [0, 0.05) is 0 Å². The lowest BCUT2D eigenvalue weighted by atomic mass is 9.85. The Hall–Kier alpha value is -1.60. The summed E-state index contributed by atoms with van der Waals surface area (Å²) in [5.41, 5.74) is 7.45. The van der Waals surface area contributed by atoms with Crippen LogP contribution in [0.25, 0.3) is 17.2 Å². The molecule has 0 heterocycles. The third-order valence-corrected chi connectivity index (χ3v) is 4.42. The van der Waals surface area contributed by atoms with Crippen LogP contribution < -0.4 is 0 Å². The second-order valence-corrected chi connectivity index (χ2v) is 7.51. The smallest absolute Gasteiger partial charge is 0.0650 e. The van der Waals surface area contributed by atoms with Crippen LogP contribution in [0.4, 0.5) is 0 Å². The van der Waals surface area contributed by atoms with Gasteiger partial charge in [-0.2, -0.15) is 0 Å². The summed E-state index contributed by atoms with van der Waals surface area (Å²) < 4.78 is 0. The zero-order valence-corrected chi connectivity index (χ0v) is 14.7. The zero-order chi connectivity index (χ0) is 16.5. The lowest BCUT2D eigenvalue weighted by molar-refractivity contribution is 0.298. The molecule has 0 unspecified atom stereocenters. The van der Waals surface area contributed by atoms with Gasteiger partial charge in [0.15, 0.2) is 0 Å². The van der Waals surface area contributed by atoms with Crippen LogP contribution in [0.3, 0.4) is 0 Å². The van der Waals surface area contributed by atoms with Gasteiger partial charge in [0.25, 0.3) is 0 Å². The van der Waals surface area contributed by atoms with Crippen molar-refractivity contribution in [2.45, 2.75) is 47.5 Å². The van der Waals surface area contributed by atoms with Crippen molar-refractivity contribution >= 4 is 6.08 Å². The topological polar surface area (TPSA) is 20.2 Å². The number of rotatable bonds is 3. The number of hydrogen-bond acceptors (Lipinski definition) is 1. The fourth-order valence-electron chi connectivity index (χ4n) is 2.71. The van der Waals surface area contributed by atoms with E-state index in [4.69, 9.17) is 0 Å². The molecular formula is C21H28O. The van der Waals surface area contributed by atoms with E-state index in [-0.39, 0.29) is 12.0 Å². The van der Waals surface area contributed by atoms with Crippen LogP contribution in [-0.2, 0) is 0 Å². The average Bonchev–Trinajstić information content (AvgIpc) is 2.67. The van der Waals surface area contributed by atoms with E-state index >= 15 is 0 Å². The Bertz CT molecular complexity index is 656. The molecule has 0 spiro atoms. The van der Waals surface area contributed by atoms with Gasteiger partial charge in [0.1, 0.15) is 0 Å². The van der Waals surface area contributed by atoms with Gasteiger partial charge >= 0.3 is 0 Å². The van der Waals surface area contributed by atoms with E-state index in [1.165, 1.54) is 27.8 Å². The van der Waals surface area contributed by atoms with E-state index in [9.17, 15) is 5.11 Å². The molecule has 2 aliphatic rings. The van der Waals surface area contributed by atoms with Crippen LogP contribution >= 0.6 is 0 Å². The molecule has 0 amide bonds. The van der Waals surface area contributed by atoms with Crippen LogP contribution in [0.5, 0.6) is 0 Å². The third-order valence-electron chi connectivity index (χ3n) is 4.42. The van der Waals surface area contributed by atoms with Crippen molar-refractivity contribution in [3.63, 3.8) is 0 Å². The second kappa shape index (κ2) is 6.26. The highest BCUT2D eigenvalue weighted by Crippen LogP contribution is 2.35.